The molecule has 0 bridgehead atoms. The number of aldehydes is 1. The summed E-state index contributed by atoms with van der Waals surface area (Å²) in [5, 5.41) is 4.08. The zero-order valence-electron chi connectivity index (χ0n) is 6.44. The molecule has 0 amide bonds. The second-order valence-electron chi connectivity index (χ2n) is 2.46. The van der Waals surface area contributed by atoms with Crippen LogP contribution in [0.5, 0.6) is 0 Å². The predicted molar refractivity (Wildman–Crippen MR) is 48.8 cm³/mol. The van der Waals surface area contributed by atoms with Crippen LogP contribution in [0.15, 0.2) is 12.3 Å². The predicted octanol–water partition coefficient (Wildman–Crippen LogP) is -0.0110. The molecule has 0 atom stereocenters. The molecule has 0 aliphatic carbocycles. The first-order valence-electron chi connectivity index (χ1n) is 3.47. The van der Waals surface area contributed by atoms with Crippen LogP contribution in [0.25, 0.3) is 5.65 Å². The Morgan fingerprint density at radius 1 is 1.62 bits per heavy atom. The maximum absolute atomic E-state index is 10.5. The molecule has 2 heterocycles. The van der Waals surface area contributed by atoms with E-state index in [4.69, 9.17) is 19.4 Å². The molecule has 13 heavy (non-hydrogen) atoms. The number of nitrogens with zero attached hydrogens (tertiary/aromatic N) is 3. The van der Waals surface area contributed by atoms with Gasteiger partial charge in [0, 0.05) is 11.8 Å². The Morgan fingerprint density at radius 3 is 3.08 bits per heavy atom. The summed E-state index contributed by atoms with van der Waals surface area (Å²) in [6, 6.07) is 1.57. The molecule has 2 radical (unpaired) electrons. The summed E-state index contributed by atoms with van der Waals surface area (Å²) in [7, 11) is 5.43. The lowest BCUT2D eigenvalue weighted by molar-refractivity contribution is 0.112. The summed E-state index contributed by atoms with van der Waals surface area (Å²) in [6.45, 7) is 0. The van der Waals surface area contributed by atoms with Gasteiger partial charge >= 0.3 is 0 Å². The quantitative estimate of drug-likeness (QED) is 0.362. The standard InChI is InChI=1S/C7H3BClN3O/c8-5-1-6-10-2-4(3-13)7(9)12(6)11-5/h1-3H. The molecule has 0 spiro atoms. The molecule has 62 valence electrons. The van der Waals surface area contributed by atoms with Crippen molar-refractivity contribution in [3.8, 4) is 0 Å². The topological polar surface area (TPSA) is 47.3 Å². The van der Waals surface area contributed by atoms with Gasteiger partial charge in [0.2, 0.25) is 0 Å². The zero-order chi connectivity index (χ0) is 9.42. The van der Waals surface area contributed by atoms with E-state index in [2.05, 4.69) is 10.1 Å². The summed E-state index contributed by atoms with van der Waals surface area (Å²) < 4.78 is 1.32. The van der Waals surface area contributed by atoms with Crippen molar-refractivity contribution in [3.05, 3.63) is 23.0 Å². The maximum atomic E-state index is 10.5. The molecule has 0 aliphatic rings. The highest BCUT2D eigenvalue weighted by Crippen LogP contribution is 2.12. The first kappa shape index (κ1) is 8.25. The Labute approximate surface area is 79.9 Å². The van der Waals surface area contributed by atoms with E-state index in [1.807, 2.05) is 0 Å². The second-order valence-corrected chi connectivity index (χ2v) is 2.82. The Hall–Kier alpha value is -1.36. The molecule has 2 aromatic heterocycles. The molecular formula is C7H3BClN3O. The minimum Gasteiger partial charge on any atom is -0.298 e. The zero-order valence-corrected chi connectivity index (χ0v) is 7.19. The Balaban J connectivity index is 2.85. The number of aromatic nitrogens is 3. The normalized spacial score (nSPS) is 10.5. The summed E-state index contributed by atoms with van der Waals surface area (Å²) in [5.74, 6) is 0. The fraction of sp³-hybridized carbons (Fsp3) is 0. The lowest BCUT2D eigenvalue weighted by Gasteiger charge is -1.97. The molecule has 0 saturated carbocycles. The van der Waals surface area contributed by atoms with Gasteiger partial charge in [-0.3, -0.25) is 4.79 Å². The van der Waals surface area contributed by atoms with Gasteiger partial charge < -0.3 is 0 Å². The van der Waals surface area contributed by atoms with Gasteiger partial charge in [-0.05, 0) is 6.07 Å². The van der Waals surface area contributed by atoms with E-state index >= 15 is 0 Å². The van der Waals surface area contributed by atoms with Crippen LogP contribution in [0.2, 0.25) is 5.15 Å². The average molecular weight is 191 g/mol. The molecule has 0 aliphatic heterocycles. The van der Waals surface area contributed by atoms with Gasteiger partial charge in [0.15, 0.2) is 11.9 Å². The lowest BCUT2D eigenvalue weighted by atomic mass is 10.1. The van der Waals surface area contributed by atoms with Crippen LogP contribution in [-0.2, 0) is 0 Å². The van der Waals surface area contributed by atoms with Gasteiger partial charge in [0.25, 0.3) is 0 Å². The van der Waals surface area contributed by atoms with Crippen molar-refractivity contribution in [2.75, 3.05) is 0 Å². The van der Waals surface area contributed by atoms with Crippen molar-refractivity contribution in [1.29, 1.82) is 0 Å². The molecule has 2 aromatic rings. The molecule has 2 rings (SSSR count). The summed E-state index contributed by atoms with van der Waals surface area (Å²) in [5.41, 5.74) is 1.13. The first-order chi connectivity index (χ1) is 6.22. The third-order valence-corrected chi connectivity index (χ3v) is 1.97. The number of fused-ring (bicyclic) bond motifs is 1. The van der Waals surface area contributed by atoms with Crippen LogP contribution in [0.1, 0.15) is 10.4 Å². The number of hydrogen-bond acceptors (Lipinski definition) is 3. The van der Waals surface area contributed by atoms with E-state index in [0.29, 0.717) is 17.5 Å². The van der Waals surface area contributed by atoms with Crippen molar-refractivity contribution in [2.45, 2.75) is 0 Å². The molecule has 0 N–H and O–H groups in total. The second kappa shape index (κ2) is 2.85. The van der Waals surface area contributed by atoms with Gasteiger partial charge in [0.05, 0.1) is 5.56 Å². The Morgan fingerprint density at radius 2 is 2.38 bits per heavy atom. The number of rotatable bonds is 1. The van der Waals surface area contributed by atoms with E-state index in [0.717, 1.165) is 0 Å². The summed E-state index contributed by atoms with van der Waals surface area (Å²) in [4.78, 5) is 14.4. The average Bonchev–Trinajstić information content (AvgIpc) is 2.47. The molecule has 0 unspecified atom stereocenters. The van der Waals surface area contributed by atoms with Crippen molar-refractivity contribution < 1.29 is 4.79 Å². The highest BCUT2D eigenvalue weighted by atomic mass is 35.5. The fourth-order valence-corrected chi connectivity index (χ4v) is 1.23. The number of carbonyl (C=O) groups excluding carboxylic acids is 1. The molecule has 0 saturated heterocycles. The number of halogens is 1. The van der Waals surface area contributed by atoms with E-state index < -0.39 is 0 Å². The minimum absolute atomic E-state index is 0.219. The van der Waals surface area contributed by atoms with Gasteiger partial charge in [-0.25, -0.2) is 9.50 Å². The molecular weight excluding hydrogens is 188 g/mol. The monoisotopic (exact) mass is 191 g/mol. The fourth-order valence-electron chi connectivity index (χ4n) is 1.02. The van der Waals surface area contributed by atoms with E-state index in [1.165, 1.54) is 10.7 Å². The third-order valence-electron chi connectivity index (χ3n) is 1.60. The molecule has 6 heteroatoms. The van der Waals surface area contributed by atoms with Crippen LogP contribution in [0.4, 0.5) is 0 Å². The summed E-state index contributed by atoms with van der Waals surface area (Å²) >= 11 is 5.83. The number of hydrogen-bond donors (Lipinski definition) is 0. The van der Waals surface area contributed by atoms with Gasteiger partial charge in [-0.15, -0.1) is 0 Å². The van der Waals surface area contributed by atoms with Crippen molar-refractivity contribution in [3.63, 3.8) is 0 Å². The minimum atomic E-state index is 0.219. The molecule has 0 fully saturated rings. The van der Waals surface area contributed by atoms with Crippen molar-refractivity contribution in [1.82, 2.24) is 14.6 Å². The van der Waals surface area contributed by atoms with E-state index in [9.17, 15) is 4.79 Å². The highest BCUT2D eigenvalue weighted by Gasteiger charge is 2.06. The van der Waals surface area contributed by atoms with Crippen LogP contribution >= 0.6 is 11.6 Å². The third kappa shape index (κ3) is 1.21. The lowest BCUT2D eigenvalue weighted by Crippen LogP contribution is -2.04. The summed E-state index contributed by atoms with van der Waals surface area (Å²) in [6.07, 6.45) is 2.00. The first-order valence-corrected chi connectivity index (χ1v) is 3.85. The number of carbonyl (C=O) groups is 1. The van der Waals surface area contributed by atoms with Crippen LogP contribution < -0.4 is 5.59 Å². The largest absolute Gasteiger partial charge is 0.298 e. The maximum Gasteiger partial charge on any atom is 0.155 e. The molecule has 0 aromatic carbocycles. The molecule has 4 nitrogen and oxygen atoms in total. The van der Waals surface area contributed by atoms with E-state index in [-0.39, 0.29) is 10.7 Å². The Kier molecular flexibility index (Phi) is 1.81. The van der Waals surface area contributed by atoms with Gasteiger partial charge in [-0.1, -0.05) is 11.6 Å². The SMILES string of the molecule is [B]c1cc2ncc(C=O)c(Cl)n2n1. The van der Waals surface area contributed by atoms with Crippen LogP contribution in [0, 0.1) is 0 Å². The van der Waals surface area contributed by atoms with Crippen LogP contribution in [0.3, 0.4) is 0 Å². The van der Waals surface area contributed by atoms with Gasteiger partial charge in [-0.2, -0.15) is 5.10 Å². The van der Waals surface area contributed by atoms with Gasteiger partial charge in [0.1, 0.15) is 13.0 Å². The van der Waals surface area contributed by atoms with Crippen molar-refractivity contribution in [2.24, 2.45) is 0 Å². The van der Waals surface area contributed by atoms with Crippen LogP contribution in [-0.4, -0.2) is 28.7 Å². The highest BCUT2D eigenvalue weighted by molar-refractivity contribution is 6.33. The van der Waals surface area contributed by atoms with E-state index in [1.54, 1.807) is 6.07 Å². The van der Waals surface area contributed by atoms with Crippen molar-refractivity contribution >= 4 is 37.0 Å². The smallest absolute Gasteiger partial charge is 0.155 e. The Bertz CT molecular complexity index is 482.